The van der Waals surface area contributed by atoms with Gasteiger partial charge in [-0.3, -0.25) is 0 Å². The van der Waals surface area contributed by atoms with E-state index in [1.54, 1.807) is 23.1 Å². The molecule has 0 atom stereocenters. The number of oxime groups is 1. The van der Waals surface area contributed by atoms with Crippen molar-refractivity contribution in [2.45, 2.75) is 18.4 Å². The summed E-state index contributed by atoms with van der Waals surface area (Å²) in [4.78, 5) is 4.53. The summed E-state index contributed by atoms with van der Waals surface area (Å²) in [7, 11) is 0. The van der Waals surface area contributed by atoms with E-state index < -0.39 is 0 Å². The van der Waals surface area contributed by atoms with Gasteiger partial charge in [-0.2, -0.15) is 0 Å². The van der Waals surface area contributed by atoms with E-state index in [-0.39, 0.29) is 5.84 Å². The van der Waals surface area contributed by atoms with E-state index in [1.165, 1.54) is 4.88 Å². The molecule has 0 unspecified atom stereocenters. The maximum Gasteiger partial charge on any atom is 0.173 e. The van der Waals surface area contributed by atoms with Gasteiger partial charge in [0.15, 0.2) is 5.84 Å². The fourth-order valence-corrected chi connectivity index (χ4v) is 3.57. The molecule has 0 amide bonds. The molecule has 0 saturated carbocycles. The first kappa shape index (κ1) is 15.7. The molecule has 4 nitrogen and oxygen atoms in total. The smallest absolute Gasteiger partial charge is 0.173 e. The minimum atomic E-state index is 0.152. The zero-order valence-corrected chi connectivity index (χ0v) is 13.7. The van der Waals surface area contributed by atoms with Crippen LogP contribution in [0.4, 0.5) is 5.69 Å². The number of thioether (sulfide) groups is 1. The van der Waals surface area contributed by atoms with Crippen LogP contribution in [-0.2, 0) is 6.54 Å². The molecule has 112 valence electrons. The molecule has 0 spiro atoms. The van der Waals surface area contributed by atoms with Crippen LogP contribution in [-0.4, -0.2) is 23.8 Å². The standard InChI is InChI=1S/C15H19N3OS2/c1-3-18(10-11-6-5-9-21-11)12-7-4-8-13(20-2)14(12)15(16)17-19/h4-9,19H,3,10H2,1-2H3,(H2,16,17). The highest BCUT2D eigenvalue weighted by Crippen LogP contribution is 2.31. The van der Waals surface area contributed by atoms with Crippen LogP contribution >= 0.6 is 23.1 Å². The zero-order chi connectivity index (χ0) is 15.2. The molecule has 1 aromatic heterocycles. The van der Waals surface area contributed by atoms with Gasteiger partial charge in [0.25, 0.3) is 0 Å². The molecule has 1 aromatic carbocycles. The van der Waals surface area contributed by atoms with E-state index in [0.717, 1.165) is 29.2 Å². The minimum Gasteiger partial charge on any atom is -0.409 e. The van der Waals surface area contributed by atoms with E-state index >= 15 is 0 Å². The van der Waals surface area contributed by atoms with Crippen LogP contribution in [0.15, 0.2) is 45.8 Å². The number of nitrogens with two attached hydrogens (primary N) is 1. The molecule has 2 aromatic rings. The van der Waals surface area contributed by atoms with E-state index in [9.17, 15) is 0 Å². The lowest BCUT2D eigenvalue weighted by Crippen LogP contribution is -2.26. The molecular formula is C15H19N3OS2. The number of thiophene rings is 1. The second-order valence-corrected chi connectivity index (χ2v) is 6.31. The van der Waals surface area contributed by atoms with Crippen molar-refractivity contribution in [3.05, 3.63) is 46.2 Å². The number of rotatable bonds is 6. The van der Waals surface area contributed by atoms with Crippen molar-refractivity contribution in [3.63, 3.8) is 0 Å². The Labute approximate surface area is 133 Å². The number of hydrogen-bond donors (Lipinski definition) is 2. The molecule has 0 aliphatic heterocycles. The summed E-state index contributed by atoms with van der Waals surface area (Å²) in [5, 5.41) is 14.4. The Bertz CT molecular complexity index is 611. The first-order valence-electron chi connectivity index (χ1n) is 6.63. The van der Waals surface area contributed by atoms with Gasteiger partial charge >= 0.3 is 0 Å². The molecule has 0 fully saturated rings. The predicted molar refractivity (Wildman–Crippen MR) is 91.8 cm³/mol. The molecule has 0 radical (unpaired) electrons. The Balaban J connectivity index is 2.45. The van der Waals surface area contributed by atoms with Gasteiger partial charge in [0.2, 0.25) is 0 Å². The van der Waals surface area contributed by atoms with Crippen LogP contribution in [0.1, 0.15) is 17.4 Å². The van der Waals surface area contributed by atoms with Crippen molar-refractivity contribution in [1.29, 1.82) is 0 Å². The van der Waals surface area contributed by atoms with Crippen LogP contribution in [0, 0.1) is 0 Å². The molecule has 6 heteroatoms. The Morgan fingerprint density at radius 1 is 1.38 bits per heavy atom. The molecule has 3 N–H and O–H groups in total. The van der Waals surface area contributed by atoms with E-state index in [2.05, 4.69) is 34.5 Å². The van der Waals surface area contributed by atoms with E-state index in [0.29, 0.717) is 0 Å². The van der Waals surface area contributed by atoms with E-state index in [4.69, 9.17) is 10.9 Å². The highest BCUT2D eigenvalue weighted by Gasteiger charge is 2.17. The third kappa shape index (κ3) is 3.51. The molecule has 0 aliphatic rings. The molecule has 1 heterocycles. The molecule has 21 heavy (non-hydrogen) atoms. The van der Waals surface area contributed by atoms with Gasteiger partial charge in [-0.25, -0.2) is 0 Å². The lowest BCUT2D eigenvalue weighted by Gasteiger charge is -2.26. The number of anilines is 1. The zero-order valence-electron chi connectivity index (χ0n) is 12.1. The quantitative estimate of drug-likeness (QED) is 0.281. The third-order valence-electron chi connectivity index (χ3n) is 3.24. The van der Waals surface area contributed by atoms with Crippen molar-refractivity contribution in [2.24, 2.45) is 10.9 Å². The van der Waals surface area contributed by atoms with Gasteiger partial charge < -0.3 is 15.8 Å². The molecule has 0 aliphatic carbocycles. The first-order chi connectivity index (χ1) is 10.2. The highest BCUT2D eigenvalue weighted by molar-refractivity contribution is 7.98. The van der Waals surface area contributed by atoms with Crippen molar-refractivity contribution in [2.75, 3.05) is 17.7 Å². The summed E-state index contributed by atoms with van der Waals surface area (Å²) >= 11 is 3.33. The fraction of sp³-hybridized carbons (Fsp3) is 0.267. The van der Waals surface area contributed by atoms with Crippen molar-refractivity contribution >= 4 is 34.6 Å². The third-order valence-corrected chi connectivity index (χ3v) is 4.88. The lowest BCUT2D eigenvalue weighted by atomic mass is 10.1. The van der Waals surface area contributed by atoms with Gasteiger partial charge in [-0.05, 0) is 36.8 Å². The summed E-state index contributed by atoms with van der Waals surface area (Å²) in [5.74, 6) is 0.152. The Hall–Kier alpha value is -1.66. The van der Waals surface area contributed by atoms with Crippen LogP contribution in [0.25, 0.3) is 0 Å². The van der Waals surface area contributed by atoms with Crippen LogP contribution in [0.3, 0.4) is 0 Å². The number of hydrogen-bond acceptors (Lipinski definition) is 5. The minimum absolute atomic E-state index is 0.152. The van der Waals surface area contributed by atoms with Gasteiger partial charge in [-0.1, -0.05) is 17.3 Å². The summed E-state index contributed by atoms with van der Waals surface area (Å²) in [6.07, 6.45) is 1.99. The highest BCUT2D eigenvalue weighted by atomic mass is 32.2. The van der Waals surface area contributed by atoms with Crippen molar-refractivity contribution in [3.8, 4) is 0 Å². The second kappa shape index (κ2) is 7.38. The van der Waals surface area contributed by atoms with E-state index in [1.807, 2.05) is 24.5 Å². The molecule has 0 saturated heterocycles. The normalized spacial score (nSPS) is 11.6. The second-order valence-electron chi connectivity index (χ2n) is 4.43. The maximum absolute atomic E-state index is 9.08. The van der Waals surface area contributed by atoms with Gasteiger partial charge in [0.05, 0.1) is 12.1 Å². The SMILES string of the molecule is CCN(Cc1cccs1)c1cccc(SC)c1/C(N)=N/O. The number of amidine groups is 1. The Morgan fingerprint density at radius 3 is 2.76 bits per heavy atom. The average molecular weight is 321 g/mol. The number of nitrogens with zero attached hydrogens (tertiary/aromatic N) is 2. The first-order valence-corrected chi connectivity index (χ1v) is 8.73. The van der Waals surface area contributed by atoms with Crippen LogP contribution in [0.2, 0.25) is 0 Å². The summed E-state index contributed by atoms with van der Waals surface area (Å²) in [6.45, 7) is 3.77. The van der Waals surface area contributed by atoms with Crippen LogP contribution in [0.5, 0.6) is 0 Å². The lowest BCUT2D eigenvalue weighted by molar-refractivity contribution is 0.318. The molecule has 2 rings (SSSR count). The summed E-state index contributed by atoms with van der Waals surface area (Å²) < 4.78 is 0. The van der Waals surface area contributed by atoms with Crippen molar-refractivity contribution in [1.82, 2.24) is 0 Å². The Kier molecular flexibility index (Phi) is 5.52. The topological polar surface area (TPSA) is 61.8 Å². The molecular weight excluding hydrogens is 302 g/mol. The largest absolute Gasteiger partial charge is 0.409 e. The average Bonchev–Trinajstić information content (AvgIpc) is 3.04. The maximum atomic E-state index is 9.08. The number of benzene rings is 1. The van der Waals surface area contributed by atoms with Crippen molar-refractivity contribution < 1.29 is 5.21 Å². The summed E-state index contributed by atoms with van der Waals surface area (Å²) in [6, 6.07) is 10.2. The molecule has 0 bridgehead atoms. The van der Waals surface area contributed by atoms with Gasteiger partial charge in [0, 0.05) is 22.0 Å². The predicted octanol–water partition coefficient (Wildman–Crippen LogP) is 3.59. The fourth-order valence-electron chi connectivity index (χ4n) is 2.22. The summed E-state index contributed by atoms with van der Waals surface area (Å²) in [5.41, 5.74) is 7.69. The van der Waals surface area contributed by atoms with Gasteiger partial charge in [-0.15, -0.1) is 23.1 Å². The Morgan fingerprint density at radius 2 is 2.19 bits per heavy atom. The monoisotopic (exact) mass is 321 g/mol. The van der Waals surface area contributed by atoms with Gasteiger partial charge in [0.1, 0.15) is 0 Å². The van der Waals surface area contributed by atoms with Crippen LogP contribution < -0.4 is 10.6 Å².